The summed E-state index contributed by atoms with van der Waals surface area (Å²) in [7, 11) is -0.326. The molecule has 30 heavy (non-hydrogen) atoms. The van der Waals surface area contributed by atoms with Crippen LogP contribution in [-0.2, 0) is 14.9 Å². The molecule has 0 spiro atoms. The first-order valence-electron chi connectivity index (χ1n) is 12.0. The lowest BCUT2D eigenvalue weighted by molar-refractivity contribution is -0.893. The van der Waals surface area contributed by atoms with E-state index >= 15 is 0 Å². The number of likely N-dealkylation sites (N-methyl/N-ethyl adjacent to an activating group) is 1. The summed E-state index contributed by atoms with van der Waals surface area (Å²) in [5.74, 6) is -0.297. The number of ketones is 1. The SMILES string of the molecule is CCCCCCCCCCCCCC(=O)CCCC[N+](C)(C)CC(O)CS(=O)(=O)O. The molecule has 0 saturated heterocycles. The maximum Gasteiger partial charge on any atom is 0.267 e. The third-order valence-corrected chi connectivity index (χ3v) is 6.44. The minimum atomic E-state index is -4.16. The van der Waals surface area contributed by atoms with Crippen molar-refractivity contribution in [3.8, 4) is 0 Å². The molecule has 0 rings (SSSR count). The van der Waals surface area contributed by atoms with Crippen LogP contribution in [-0.4, -0.2) is 67.4 Å². The third-order valence-electron chi connectivity index (χ3n) is 5.64. The Balaban J connectivity index is 3.60. The molecule has 1 unspecified atom stereocenters. The predicted molar refractivity (Wildman–Crippen MR) is 124 cm³/mol. The van der Waals surface area contributed by atoms with Crippen molar-refractivity contribution in [2.24, 2.45) is 0 Å². The van der Waals surface area contributed by atoms with Gasteiger partial charge in [0.2, 0.25) is 0 Å². The Bertz CT molecular complexity index is 534. The van der Waals surface area contributed by atoms with Crippen LogP contribution in [0.3, 0.4) is 0 Å². The lowest BCUT2D eigenvalue weighted by atomic mass is 10.0. The molecule has 0 saturated carbocycles. The van der Waals surface area contributed by atoms with E-state index in [0.717, 1.165) is 32.2 Å². The van der Waals surface area contributed by atoms with E-state index in [1.165, 1.54) is 57.8 Å². The Morgan fingerprint density at radius 2 is 1.23 bits per heavy atom. The number of rotatable bonds is 21. The van der Waals surface area contributed by atoms with Crippen molar-refractivity contribution in [1.82, 2.24) is 0 Å². The molecule has 6 nitrogen and oxygen atoms in total. The highest BCUT2D eigenvalue weighted by molar-refractivity contribution is 7.85. The smallest absolute Gasteiger partial charge is 0.267 e. The summed E-state index contributed by atoms with van der Waals surface area (Å²) in [4.78, 5) is 12.0. The van der Waals surface area contributed by atoms with Crippen molar-refractivity contribution in [3.05, 3.63) is 0 Å². The molecule has 0 aliphatic heterocycles. The van der Waals surface area contributed by atoms with E-state index in [1.54, 1.807) is 0 Å². The molecule has 1 atom stereocenters. The molecule has 0 aliphatic carbocycles. The van der Waals surface area contributed by atoms with Gasteiger partial charge in [0.15, 0.2) is 0 Å². The maximum absolute atomic E-state index is 12.0. The van der Waals surface area contributed by atoms with Gasteiger partial charge in [-0.15, -0.1) is 0 Å². The first-order chi connectivity index (χ1) is 14.1. The number of Topliss-reactive ketones (excluding diaryl/α,β-unsaturated/α-hetero) is 1. The number of nitrogens with zero attached hydrogens (tertiary/aromatic N) is 1. The van der Waals surface area contributed by atoms with Crippen LogP contribution >= 0.6 is 0 Å². The quantitative estimate of drug-likeness (QED) is 0.150. The monoisotopic (exact) mass is 450 g/mol. The second-order valence-electron chi connectivity index (χ2n) is 9.53. The van der Waals surface area contributed by atoms with Gasteiger partial charge in [-0.2, -0.15) is 8.42 Å². The normalized spacial score (nSPS) is 13.5. The van der Waals surface area contributed by atoms with Crippen molar-refractivity contribution in [2.75, 3.05) is 32.9 Å². The fourth-order valence-corrected chi connectivity index (χ4v) is 4.52. The van der Waals surface area contributed by atoms with E-state index in [1.807, 2.05) is 14.1 Å². The number of quaternary nitrogens is 1. The summed E-state index contributed by atoms with van der Waals surface area (Å²) < 4.78 is 30.9. The number of aliphatic hydroxyl groups excluding tert-OH is 1. The molecule has 0 aromatic carbocycles. The molecular weight excluding hydrogens is 402 g/mol. The number of carbonyl (C=O) groups excluding carboxylic acids is 1. The number of carbonyl (C=O) groups is 1. The Morgan fingerprint density at radius 3 is 1.70 bits per heavy atom. The van der Waals surface area contributed by atoms with Crippen molar-refractivity contribution in [2.45, 2.75) is 109 Å². The maximum atomic E-state index is 12.0. The van der Waals surface area contributed by atoms with Gasteiger partial charge in [0.05, 0.1) is 20.6 Å². The van der Waals surface area contributed by atoms with Gasteiger partial charge in [-0.25, -0.2) is 0 Å². The van der Waals surface area contributed by atoms with Gasteiger partial charge < -0.3 is 9.59 Å². The Labute approximate surface area is 185 Å². The predicted octanol–water partition coefficient (Wildman–Crippen LogP) is 4.75. The summed E-state index contributed by atoms with van der Waals surface area (Å²) in [6, 6.07) is 0. The lowest BCUT2D eigenvalue weighted by Gasteiger charge is -2.31. The van der Waals surface area contributed by atoms with Crippen LogP contribution in [0.1, 0.15) is 103 Å². The molecule has 180 valence electrons. The Kier molecular flexibility index (Phi) is 16.8. The largest absolute Gasteiger partial charge is 0.386 e. The van der Waals surface area contributed by atoms with Gasteiger partial charge >= 0.3 is 0 Å². The summed E-state index contributed by atoms with van der Waals surface area (Å²) in [6.07, 6.45) is 16.0. The number of aliphatic hydroxyl groups is 1. The van der Waals surface area contributed by atoms with Gasteiger partial charge in [-0.3, -0.25) is 9.35 Å². The van der Waals surface area contributed by atoms with E-state index in [4.69, 9.17) is 4.55 Å². The van der Waals surface area contributed by atoms with Gasteiger partial charge in [0, 0.05) is 12.8 Å². The number of hydrogen-bond donors (Lipinski definition) is 2. The molecule has 0 aromatic rings. The molecule has 0 bridgehead atoms. The summed E-state index contributed by atoms with van der Waals surface area (Å²) in [5.41, 5.74) is 0. The number of hydrogen-bond acceptors (Lipinski definition) is 4. The van der Waals surface area contributed by atoms with Gasteiger partial charge in [0.25, 0.3) is 10.1 Å². The molecule has 0 heterocycles. The van der Waals surface area contributed by atoms with Crippen LogP contribution in [0.4, 0.5) is 0 Å². The minimum Gasteiger partial charge on any atom is -0.386 e. The van der Waals surface area contributed by atoms with Crippen molar-refractivity contribution in [3.63, 3.8) is 0 Å². The fraction of sp³-hybridized carbons (Fsp3) is 0.957. The van der Waals surface area contributed by atoms with E-state index in [0.29, 0.717) is 23.1 Å². The van der Waals surface area contributed by atoms with Crippen LogP contribution in [0, 0.1) is 0 Å². The fourth-order valence-electron chi connectivity index (χ4n) is 3.93. The molecule has 0 aliphatic rings. The van der Waals surface area contributed by atoms with Crippen LogP contribution in [0.25, 0.3) is 0 Å². The first-order valence-corrected chi connectivity index (χ1v) is 13.6. The van der Waals surface area contributed by atoms with Gasteiger partial charge in [0.1, 0.15) is 24.2 Å². The zero-order valence-electron chi connectivity index (χ0n) is 19.8. The van der Waals surface area contributed by atoms with E-state index < -0.39 is 22.0 Å². The molecule has 0 amide bonds. The topological polar surface area (TPSA) is 91.7 Å². The van der Waals surface area contributed by atoms with Crippen LogP contribution < -0.4 is 0 Å². The summed E-state index contributed by atoms with van der Waals surface area (Å²) in [6.45, 7) is 3.26. The first kappa shape index (κ1) is 29.5. The van der Waals surface area contributed by atoms with Crippen LogP contribution in [0.15, 0.2) is 0 Å². The molecule has 7 heteroatoms. The zero-order chi connectivity index (χ0) is 22.9. The highest BCUT2D eigenvalue weighted by Gasteiger charge is 2.24. The van der Waals surface area contributed by atoms with E-state index in [2.05, 4.69) is 6.92 Å². The third kappa shape index (κ3) is 20.8. The molecule has 0 aromatic heterocycles. The second-order valence-corrected chi connectivity index (χ2v) is 11.0. The van der Waals surface area contributed by atoms with Crippen LogP contribution in [0.2, 0.25) is 0 Å². The Morgan fingerprint density at radius 1 is 0.800 bits per heavy atom. The standard InChI is InChI=1S/C23H47NO5S/c1-4-5-6-7-8-9-10-11-12-13-14-17-22(25)18-15-16-19-24(2,3)20-23(26)21-30(27,28)29/h23,26H,4-21H2,1-3H3/p+1. The summed E-state index contributed by atoms with van der Waals surface area (Å²) >= 11 is 0. The zero-order valence-corrected chi connectivity index (χ0v) is 20.6. The van der Waals surface area contributed by atoms with Gasteiger partial charge in [-0.05, 0) is 19.3 Å². The highest BCUT2D eigenvalue weighted by atomic mass is 32.2. The van der Waals surface area contributed by atoms with Crippen LogP contribution in [0.5, 0.6) is 0 Å². The van der Waals surface area contributed by atoms with E-state index in [9.17, 15) is 18.3 Å². The van der Waals surface area contributed by atoms with Crippen molar-refractivity contribution < 1.29 is 27.4 Å². The lowest BCUT2D eigenvalue weighted by Crippen LogP contribution is -2.47. The molecular formula is C23H48NO5S+. The minimum absolute atomic E-state index is 0.256. The second kappa shape index (κ2) is 17.1. The highest BCUT2D eigenvalue weighted by Crippen LogP contribution is 2.13. The average Bonchev–Trinajstić information content (AvgIpc) is 2.61. The average molecular weight is 451 g/mol. The Hall–Kier alpha value is -0.500. The molecule has 2 N–H and O–H groups in total. The summed E-state index contributed by atoms with van der Waals surface area (Å²) in [5, 5.41) is 9.79. The van der Waals surface area contributed by atoms with E-state index in [-0.39, 0.29) is 6.54 Å². The molecule has 0 radical (unpaired) electrons. The molecule has 0 fully saturated rings. The van der Waals surface area contributed by atoms with Gasteiger partial charge in [-0.1, -0.05) is 71.1 Å². The number of unbranched alkanes of at least 4 members (excludes halogenated alkanes) is 11. The van der Waals surface area contributed by atoms with Crippen molar-refractivity contribution in [1.29, 1.82) is 0 Å². The van der Waals surface area contributed by atoms with Crippen molar-refractivity contribution >= 4 is 15.9 Å².